The fourth-order valence-corrected chi connectivity index (χ4v) is 1.85. The minimum atomic E-state index is -0.0789. The molecule has 17 heavy (non-hydrogen) atoms. The van der Waals surface area contributed by atoms with E-state index in [0.29, 0.717) is 6.54 Å². The highest BCUT2D eigenvalue weighted by Crippen LogP contribution is 1.97. The van der Waals surface area contributed by atoms with Crippen LogP contribution in [0.5, 0.6) is 0 Å². The van der Waals surface area contributed by atoms with Gasteiger partial charge in [-0.2, -0.15) is 0 Å². The van der Waals surface area contributed by atoms with Gasteiger partial charge in [-0.3, -0.25) is 9.69 Å². The van der Waals surface area contributed by atoms with Crippen LogP contribution in [0.25, 0.3) is 0 Å². The lowest BCUT2D eigenvalue weighted by molar-refractivity contribution is -0.111. The van der Waals surface area contributed by atoms with Gasteiger partial charge in [0.05, 0.1) is 6.54 Å². The molecule has 0 unspecified atom stereocenters. The summed E-state index contributed by atoms with van der Waals surface area (Å²) < 4.78 is 0. The highest BCUT2D eigenvalue weighted by Gasteiger charge is 2.01. The fraction of sp³-hybridized carbons (Fsp3) is 0.462. The molecule has 0 spiro atoms. The van der Waals surface area contributed by atoms with Gasteiger partial charge >= 0.3 is 0 Å². The largest absolute Gasteiger partial charge is 0.313 e. The van der Waals surface area contributed by atoms with Crippen molar-refractivity contribution in [3.05, 3.63) is 35.9 Å². The molecule has 0 aromatic heterocycles. The van der Waals surface area contributed by atoms with Crippen LogP contribution in [0.2, 0.25) is 0 Å². The lowest BCUT2D eigenvalue weighted by atomic mass is 10.2. The molecular weight excluding hydrogens is 232 g/mol. The molecule has 0 aliphatic carbocycles. The highest BCUT2D eigenvalue weighted by molar-refractivity contribution is 7.96. The van der Waals surface area contributed by atoms with Crippen LogP contribution in [-0.2, 0) is 11.3 Å². The van der Waals surface area contributed by atoms with E-state index >= 15 is 0 Å². The summed E-state index contributed by atoms with van der Waals surface area (Å²) in [6.07, 6.45) is 1.03. The topological polar surface area (TPSA) is 32.3 Å². The third-order valence-electron chi connectivity index (χ3n) is 2.47. The van der Waals surface area contributed by atoms with Crippen LogP contribution < -0.4 is 5.32 Å². The molecule has 0 aliphatic heterocycles. The Kier molecular flexibility index (Phi) is 6.93. The standard InChI is InChI=1S/C13H20N2OS/c1-15(11-13(16)17)9-5-8-14-10-12-6-3-2-4-7-12/h2-4,6-7,14H,5,8-11H2,1H3,(H,16,17). The molecule has 0 aliphatic rings. The highest BCUT2D eigenvalue weighted by atomic mass is 32.1. The van der Waals surface area contributed by atoms with Gasteiger partial charge in [-0.1, -0.05) is 30.3 Å². The monoisotopic (exact) mass is 252 g/mol. The van der Waals surface area contributed by atoms with Crippen molar-refractivity contribution in [2.45, 2.75) is 13.0 Å². The SMILES string of the molecule is CN(CCCNCc1ccccc1)CC(=O)S. The van der Waals surface area contributed by atoms with Gasteiger partial charge in [0, 0.05) is 6.54 Å². The second-order valence-corrected chi connectivity index (χ2v) is 4.65. The van der Waals surface area contributed by atoms with Crippen LogP contribution in [0.15, 0.2) is 30.3 Å². The summed E-state index contributed by atoms with van der Waals surface area (Å²) >= 11 is 3.75. The van der Waals surface area contributed by atoms with Gasteiger partial charge in [0.25, 0.3) is 0 Å². The van der Waals surface area contributed by atoms with Gasteiger partial charge < -0.3 is 5.32 Å². The van der Waals surface area contributed by atoms with Crippen LogP contribution in [0.1, 0.15) is 12.0 Å². The molecule has 0 fully saturated rings. The third kappa shape index (κ3) is 7.15. The first-order valence-corrected chi connectivity index (χ1v) is 6.28. The number of carbonyl (C=O) groups is 1. The van der Waals surface area contributed by atoms with E-state index in [4.69, 9.17) is 0 Å². The van der Waals surface area contributed by atoms with E-state index in [2.05, 4.69) is 30.1 Å². The van der Waals surface area contributed by atoms with Crippen LogP contribution in [0.3, 0.4) is 0 Å². The van der Waals surface area contributed by atoms with Gasteiger partial charge in [-0.05, 0) is 32.1 Å². The molecule has 0 saturated heterocycles. The Morgan fingerprint density at radius 1 is 1.35 bits per heavy atom. The number of nitrogens with one attached hydrogen (secondary N) is 1. The summed E-state index contributed by atoms with van der Waals surface area (Å²) in [5.74, 6) is 0. The summed E-state index contributed by atoms with van der Waals surface area (Å²) in [6.45, 7) is 3.19. The molecule has 0 atom stereocenters. The fourth-order valence-electron chi connectivity index (χ4n) is 1.61. The zero-order valence-corrected chi connectivity index (χ0v) is 11.1. The summed E-state index contributed by atoms with van der Waals surface area (Å²) in [7, 11) is 1.94. The lowest BCUT2D eigenvalue weighted by Gasteiger charge is -2.14. The van der Waals surface area contributed by atoms with Crippen molar-refractivity contribution in [1.82, 2.24) is 10.2 Å². The molecule has 3 nitrogen and oxygen atoms in total. The second-order valence-electron chi connectivity index (χ2n) is 4.15. The average molecular weight is 252 g/mol. The average Bonchev–Trinajstić information content (AvgIpc) is 2.29. The molecule has 94 valence electrons. The molecule has 0 amide bonds. The van der Waals surface area contributed by atoms with Gasteiger partial charge in [-0.15, -0.1) is 12.6 Å². The summed E-state index contributed by atoms with van der Waals surface area (Å²) in [6, 6.07) is 10.3. The van der Waals surface area contributed by atoms with E-state index in [9.17, 15) is 4.79 Å². The normalized spacial score (nSPS) is 10.8. The Hall–Kier alpha value is -0.840. The van der Waals surface area contributed by atoms with Crippen LogP contribution in [-0.4, -0.2) is 36.7 Å². The Bertz CT molecular complexity index is 329. The van der Waals surface area contributed by atoms with E-state index in [0.717, 1.165) is 26.1 Å². The van der Waals surface area contributed by atoms with E-state index < -0.39 is 0 Å². The van der Waals surface area contributed by atoms with Crippen LogP contribution in [0, 0.1) is 0 Å². The van der Waals surface area contributed by atoms with Crippen molar-refractivity contribution in [2.24, 2.45) is 0 Å². The van der Waals surface area contributed by atoms with Crippen molar-refractivity contribution in [3.8, 4) is 0 Å². The zero-order chi connectivity index (χ0) is 12.5. The number of likely N-dealkylation sites (N-methyl/N-ethyl adjacent to an activating group) is 1. The minimum absolute atomic E-state index is 0.0789. The van der Waals surface area contributed by atoms with E-state index in [1.807, 2.05) is 30.1 Å². The Labute approximate surface area is 109 Å². The predicted molar refractivity (Wildman–Crippen MR) is 74.3 cm³/mol. The maximum Gasteiger partial charge on any atom is 0.199 e. The zero-order valence-electron chi connectivity index (χ0n) is 10.2. The molecule has 1 aromatic carbocycles. The summed E-state index contributed by atoms with van der Waals surface area (Å²) in [4.78, 5) is 12.7. The quantitative estimate of drug-likeness (QED) is 0.544. The molecule has 1 aromatic rings. The van der Waals surface area contributed by atoms with Gasteiger partial charge in [0.15, 0.2) is 5.12 Å². The minimum Gasteiger partial charge on any atom is -0.313 e. The Morgan fingerprint density at radius 3 is 2.71 bits per heavy atom. The first kappa shape index (κ1) is 14.2. The molecule has 1 rings (SSSR count). The van der Waals surface area contributed by atoms with Gasteiger partial charge in [0.2, 0.25) is 0 Å². The first-order valence-electron chi connectivity index (χ1n) is 5.83. The van der Waals surface area contributed by atoms with Crippen molar-refractivity contribution in [3.63, 3.8) is 0 Å². The van der Waals surface area contributed by atoms with E-state index in [1.54, 1.807) is 0 Å². The molecule has 0 saturated carbocycles. The van der Waals surface area contributed by atoms with Crippen molar-refractivity contribution >= 4 is 17.7 Å². The number of carbonyl (C=O) groups excluding carboxylic acids is 1. The second kappa shape index (κ2) is 8.28. The van der Waals surface area contributed by atoms with E-state index in [1.165, 1.54) is 5.56 Å². The molecule has 0 radical (unpaired) electrons. The maximum atomic E-state index is 10.7. The number of benzene rings is 1. The summed E-state index contributed by atoms with van der Waals surface area (Å²) in [5, 5.41) is 3.30. The third-order valence-corrected chi connectivity index (χ3v) is 2.61. The number of rotatable bonds is 8. The van der Waals surface area contributed by atoms with Gasteiger partial charge in [-0.25, -0.2) is 0 Å². The van der Waals surface area contributed by atoms with Crippen molar-refractivity contribution < 1.29 is 4.79 Å². The molecule has 0 heterocycles. The smallest absolute Gasteiger partial charge is 0.199 e. The number of thiol groups is 1. The van der Waals surface area contributed by atoms with Crippen LogP contribution in [0.4, 0.5) is 0 Å². The number of nitrogens with zero attached hydrogens (tertiary/aromatic N) is 1. The Morgan fingerprint density at radius 2 is 2.06 bits per heavy atom. The van der Waals surface area contributed by atoms with Crippen molar-refractivity contribution in [1.29, 1.82) is 0 Å². The molecule has 4 heteroatoms. The first-order chi connectivity index (χ1) is 8.18. The maximum absolute atomic E-state index is 10.7. The van der Waals surface area contributed by atoms with Crippen LogP contribution >= 0.6 is 12.6 Å². The van der Waals surface area contributed by atoms with Crippen molar-refractivity contribution in [2.75, 3.05) is 26.7 Å². The number of hydrogen-bond acceptors (Lipinski definition) is 3. The molecule has 0 bridgehead atoms. The van der Waals surface area contributed by atoms with E-state index in [-0.39, 0.29) is 5.12 Å². The lowest BCUT2D eigenvalue weighted by Crippen LogP contribution is -2.27. The Balaban J connectivity index is 2.03. The van der Waals surface area contributed by atoms with Gasteiger partial charge in [0.1, 0.15) is 0 Å². The predicted octanol–water partition coefficient (Wildman–Crippen LogP) is 1.55. The summed E-state index contributed by atoms with van der Waals surface area (Å²) in [5.41, 5.74) is 1.30. The number of hydrogen-bond donors (Lipinski definition) is 2. The molecular formula is C13H20N2OS. The molecule has 1 N–H and O–H groups in total.